The van der Waals surface area contributed by atoms with Gasteiger partial charge in [0.25, 0.3) is 0 Å². The van der Waals surface area contributed by atoms with E-state index in [1.54, 1.807) is 18.3 Å². The summed E-state index contributed by atoms with van der Waals surface area (Å²) in [6.07, 6.45) is 1.61. The Bertz CT molecular complexity index is 1110. The Morgan fingerprint density at radius 2 is 1.81 bits per heavy atom. The maximum absolute atomic E-state index is 11.7. The van der Waals surface area contributed by atoms with Crippen molar-refractivity contribution in [2.45, 2.75) is 6.54 Å². The summed E-state index contributed by atoms with van der Waals surface area (Å²) in [5, 5.41) is 0. The number of pyridine rings is 1. The maximum Gasteiger partial charge on any atom is 0.337 e. The van der Waals surface area contributed by atoms with Gasteiger partial charge >= 0.3 is 5.97 Å². The van der Waals surface area contributed by atoms with E-state index in [1.807, 2.05) is 30.3 Å². The lowest BCUT2D eigenvalue weighted by Crippen LogP contribution is -2.35. The van der Waals surface area contributed by atoms with E-state index in [1.165, 1.54) is 12.7 Å². The number of hydrogen-bond acceptors (Lipinski definition) is 5. The Hall–Kier alpha value is -3.46. The molecule has 0 N–H and O–H groups in total. The summed E-state index contributed by atoms with van der Waals surface area (Å²) in [6, 6.07) is 19.6. The van der Waals surface area contributed by atoms with E-state index in [0.717, 1.165) is 55.2 Å². The van der Waals surface area contributed by atoms with E-state index in [9.17, 15) is 4.79 Å². The van der Waals surface area contributed by atoms with Crippen molar-refractivity contribution < 1.29 is 14.3 Å². The normalized spacial score (nSPS) is 13.8. The van der Waals surface area contributed by atoms with Gasteiger partial charge in [-0.15, -0.1) is 0 Å². The Morgan fingerprint density at radius 3 is 2.58 bits per heavy atom. The number of hydrogen-bond donors (Lipinski definition) is 0. The molecule has 0 unspecified atom stereocenters. The van der Waals surface area contributed by atoms with Gasteiger partial charge in [0.1, 0.15) is 0 Å². The van der Waals surface area contributed by atoms with Crippen LogP contribution in [0.25, 0.3) is 11.3 Å². The molecule has 0 radical (unpaired) electrons. The summed E-state index contributed by atoms with van der Waals surface area (Å²) in [7, 11) is 1.37. The zero-order chi connectivity index (χ0) is 21.5. The number of morpholine rings is 1. The molecule has 4 rings (SSSR count). The molecule has 0 amide bonds. The predicted octanol–water partition coefficient (Wildman–Crippen LogP) is 3.77. The SMILES string of the molecule is COC(=O)c1ccnc(-c2ccc(C#Cc3cccc(CN4CCOCC4)c3)cc2)c1. The molecule has 0 spiro atoms. The Kier molecular flexibility index (Phi) is 6.73. The number of rotatable bonds is 4. The van der Waals surface area contributed by atoms with Crippen LogP contribution in [0.2, 0.25) is 0 Å². The standard InChI is InChI=1S/C26H24N2O3/c1-30-26(29)24-11-12-27-25(18-24)23-9-7-20(8-10-23)5-6-21-3-2-4-22(17-21)19-28-13-15-31-16-14-28/h2-4,7-12,17-18H,13-16,19H2,1H3. The van der Waals surface area contributed by atoms with Crippen molar-refractivity contribution in [2.24, 2.45) is 0 Å². The number of nitrogens with zero attached hydrogens (tertiary/aromatic N) is 2. The van der Waals surface area contributed by atoms with Gasteiger partial charge in [0.05, 0.1) is 31.6 Å². The first-order valence-corrected chi connectivity index (χ1v) is 10.3. The molecular weight excluding hydrogens is 388 g/mol. The lowest BCUT2D eigenvalue weighted by Gasteiger charge is -2.26. The molecule has 5 heteroatoms. The molecule has 1 fully saturated rings. The molecule has 0 bridgehead atoms. The van der Waals surface area contributed by atoms with Crippen LogP contribution < -0.4 is 0 Å². The minimum Gasteiger partial charge on any atom is -0.465 e. The summed E-state index contributed by atoms with van der Waals surface area (Å²) >= 11 is 0. The van der Waals surface area contributed by atoms with Crippen molar-refractivity contribution in [3.05, 3.63) is 89.1 Å². The summed E-state index contributed by atoms with van der Waals surface area (Å²) < 4.78 is 10.2. The van der Waals surface area contributed by atoms with E-state index >= 15 is 0 Å². The number of methoxy groups -OCH3 is 1. The van der Waals surface area contributed by atoms with E-state index in [0.29, 0.717) is 5.56 Å². The highest BCUT2D eigenvalue weighted by molar-refractivity contribution is 5.90. The highest BCUT2D eigenvalue weighted by atomic mass is 16.5. The number of carbonyl (C=O) groups is 1. The van der Waals surface area contributed by atoms with Crippen LogP contribution in [-0.4, -0.2) is 49.3 Å². The van der Waals surface area contributed by atoms with Gasteiger partial charge in [0.2, 0.25) is 0 Å². The molecule has 3 aromatic rings. The average Bonchev–Trinajstić information content (AvgIpc) is 2.83. The zero-order valence-electron chi connectivity index (χ0n) is 17.5. The lowest BCUT2D eigenvalue weighted by molar-refractivity contribution is 0.0342. The molecule has 0 atom stereocenters. The van der Waals surface area contributed by atoms with Crippen LogP contribution in [0.3, 0.4) is 0 Å². The third-order valence-corrected chi connectivity index (χ3v) is 5.15. The number of carbonyl (C=O) groups excluding carboxylic acids is 1. The fraction of sp³-hybridized carbons (Fsp3) is 0.231. The van der Waals surface area contributed by atoms with Crippen LogP contribution in [0.4, 0.5) is 0 Å². The van der Waals surface area contributed by atoms with Gasteiger partial charge in [0, 0.05) is 42.5 Å². The van der Waals surface area contributed by atoms with Crippen molar-refractivity contribution in [3.8, 4) is 23.1 Å². The van der Waals surface area contributed by atoms with Crippen molar-refractivity contribution in [1.82, 2.24) is 9.88 Å². The van der Waals surface area contributed by atoms with Gasteiger partial charge in [0.15, 0.2) is 0 Å². The molecule has 2 heterocycles. The van der Waals surface area contributed by atoms with Crippen LogP contribution in [-0.2, 0) is 16.0 Å². The second-order valence-corrected chi connectivity index (χ2v) is 7.34. The molecular formula is C26H24N2O3. The largest absolute Gasteiger partial charge is 0.465 e. The van der Waals surface area contributed by atoms with Gasteiger partial charge in [-0.2, -0.15) is 0 Å². The first-order valence-electron chi connectivity index (χ1n) is 10.3. The van der Waals surface area contributed by atoms with Gasteiger partial charge in [-0.1, -0.05) is 36.1 Å². The molecule has 156 valence electrons. The third kappa shape index (κ3) is 5.58. The molecule has 5 nitrogen and oxygen atoms in total. The number of benzene rings is 2. The van der Waals surface area contributed by atoms with Crippen molar-refractivity contribution in [2.75, 3.05) is 33.4 Å². The molecule has 1 aliphatic rings. The van der Waals surface area contributed by atoms with E-state index < -0.39 is 0 Å². The topological polar surface area (TPSA) is 51.7 Å². The number of esters is 1. The van der Waals surface area contributed by atoms with Crippen molar-refractivity contribution >= 4 is 5.97 Å². The van der Waals surface area contributed by atoms with Gasteiger partial charge in [-0.25, -0.2) is 4.79 Å². The summed E-state index contributed by atoms with van der Waals surface area (Å²) in [6.45, 7) is 4.47. The molecule has 0 aliphatic carbocycles. The molecule has 31 heavy (non-hydrogen) atoms. The van der Waals surface area contributed by atoms with Gasteiger partial charge < -0.3 is 9.47 Å². The smallest absolute Gasteiger partial charge is 0.337 e. The first kappa shape index (κ1) is 20.8. The summed E-state index contributed by atoms with van der Waals surface area (Å²) in [5.41, 5.74) is 5.31. The van der Waals surface area contributed by atoms with Crippen molar-refractivity contribution in [1.29, 1.82) is 0 Å². The van der Waals surface area contributed by atoms with Crippen LogP contribution in [0.5, 0.6) is 0 Å². The Balaban J connectivity index is 1.45. The van der Waals surface area contributed by atoms with Crippen LogP contribution in [0.1, 0.15) is 27.0 Å². The summed E-state index contributed by atoms with van der Waals surface area (Å²) in [5.74, 6) is 6.12. The maximum atomic E-state index is 11.7. The lowest BCUT2D eigenvalue weighted by atomic mass is 10.1. The number of ether oxygens (including phenoxy) is 2. The minimum absolute atomic E-state index is 0.373. The molecule has 0 saturated carbocycles. The first-order chi connectivity index (χ1) is 15.2. The van der Waals surface area contributed by atoms with E-state index in [4.69, 9.17) is 9.47 Å². The highest BCUT2D eigenvalue weighted by Crippen LogP contribution is 2.19. The van der Waals surface area contributed by atoms with Crippen LogP contribution in [0.15, 0.2) is 66.9 Å². The van der Waals surface area contributed by atoms with Gasteiger partial charge in [-0.05, 0) is 42.0 Å². The fourth-order valence-corrected chi connectivity index (χ4v) is 3.47. The number of aromatic nitrogens is 1. The van der Waals surface area contributed by atoms with Crippen LogP contribution >= 0.6 is 0 Å². The molecule has 1 aromatic heterocycles. The molecule has 2 aromatic carbocycles. The van der Waals surface area contributed by atoms with Gasteiger partial charge in [-0.3, -0.25) is 9.88 Å². The quantitative estimate of drug-likeness (QED) is 0.482. The molecule has 1 saturated heterocycles. The molecule has 1 aliphatic heterocycles. The zero-order valence-corrected chi connectivity index (χ0v) is 17.5. The summed E-state index contributed by atoms with van der Waals surface area (Å²) in [4.78, 5) is 18.5. The van der Waals surface area contributed by atoms with E-state index in [-0.39, 0.29) is 5.97 Å². The van der Waals surface area contributed by atoms with E-state index in [2.05, 4.69) is 39.9 Å². The third-order valence-electron chi connectivity index (χ3n) is 5.15. The Morgan fingerprint density at radius 1 is 1.03 bits per heavy atom. The van der Waals surface area contributed by atoms with Crippen molar-refractivity contribution in [3.63, 3.8) is 0 Å². The predicted molar refractivity (Wildman–Crippen MR) is 120 cm³/mol. The Labute approximate surface area is 182 Å². The second-order valence-electron chi connectivity index (χ2n) is 7.34. The minimum atomic E-state index is -0.373. The second kappa shape index (κ2) is 10.0. The fourth-order valence-electron chi connectivity index (χ4n) is 3.47. The van der Waals surface area contributed by atoms with Crippen LogP contribution in [0, 0.1) is 11.8 Å². The average molecular weight is 412 g/mol. The monoisotopic (exact) mass is 412 g/mol. The highest BCUT2D eigenvalue weighted by Gasteiger charge is 2.10.